The minimum absolute atomic E-state index is 0.0000864. The summed E-state index contributed by atoms with van der Waals surface area (Å²) in [6.45, 7) is 3.23. The Morgan fingerprint density at radius 3 is 2.75 bits per heavy atom. The van der Waals surface area contributed by atoms with E-state index >= 15 is 0 Å². The van der Waals surface area contributed by atoms with Crippen LogP contribution in [-0.2, 0) is 0 Å². The molecule has 6 heterocycles. The number of benzene rings is 1. The van der Waals surface area contributed by atoms with Gasteiger partial charge in [0.2, 0.25) is 6.79 Å². The van der Waals surface area contributed by atoms with E-state index in [4.69, 9.17) is 9.47 Å². The van der Waals surface area contributed by atoms with Crippen molar-refractivity contribution in [3.8, 4) is 11.5 Å². The van der Waals surface area contributed by atoms with Crippen molar-refractivity contribution in [3.63, 3.8) is 0 Å². The summed E-state index contributed by atoms with van der Waals surface area (Å²) in [7, 11) is 0. The van der Waals surface area contributed by atoms with E-state index in [-0.39, 0.29) is 24.7 Å². The van der Waals surface area contributed by atoms with E-state index in [2.05, 4.69) is 32.1 Å². The highest BCUT2D eigenvalue weighted by Crippen LogP contribution is 2.48. The van der Waals surface area contributed by atoms with Gasteiger partial charge in [0.05, 0.1) is 6.04 Å². The van der Waals surface area contributed by atoms with Crippen molar-refractivity contribution in [2.45, 2.75) is 30.8 Å². The van der Waals surface area contributed by atoms with Crippen LogP contribution < -0.4 is 9.47 Å². The zero-order chi connectivity index (χ0) is 18.7. The molecular weight excluding hydrogens is 356 g/mol. The second kappa shape index (κ2) is 6.17. The van der Waals surface area contributed by atoms with Gasteiger partial charge in [0.15, 0.2) is 17.2 Å². The summed E-state index contributed by atoms with van der Waals surface area (Å²) in [6, 6.07) is 10.4. The first kappa shape index (κ1) is 16.3. The Morgan fingerprint density at radius 1 is 1.07 bits per heavy atom. The Bertz CT molecular complexity index is 913. The average Bonchev–Trinajstić information content (AvgIpc) is 3.40. The van der Waals surface area contributed by atoms with Crippen molar-refractivity contribution in [2.75, 3.05) is 26.4 Å². The first-order valence-electron chi connectivity index (χ1n) is 10.0. The minimum atomic E-state index is 0.0000864. The van der Waals surface area contributed by atoms with Gasteiger partial charge in [-0.05, 0) is 61.7 Å². The SMILES string of the molecule is O=C(c1cccnn1)N1C[C@H](c2ccc3c(c2)OCO3)[C@@H]2[C@H]1C1CCN2CC1. The first-order valence-corrected chi connectivity index (χ1v) is 10.0. The van der Waals surface area contributed by atoms with Gasteiger partial charge in [-0.25, -0.2) is 0 Å². The number of rotatable bonds is 2. The Kier molecular flexibility index (Phi) is 3.59. The molecule has 0 saturated carbocycles. The number of hydrogen-bond donors (Lipinski definition) is 0. The Morgan fingerprint density at radius 2 is 1.93 bits per heavy atom. The van der Waals surface area contributed by atoms with E-state index in [1.54, 1.807) is 18.3 Å². The van der Waals surface area contributed by atoms with Gasteiger partial charge in [0.25, 0.3) is 5.91 Å². The third-order valence-corrected chi connectivity index (χ3v) is 6.87. The quantitative estimate of drug-likeness (QED) is 0.795. The fourth-order valence-corrected chi connectivity index (χ4v) is 5.65. The molecular formula is C21H22N4O3. The molecule has 0 spiro atoms. The van der Waals surface area contributed by atoms with Crippen LogP contribution in [0.4, 0.5) is 0 Å². The number of likely N-dealkylation sites (tertiary alicyclic amines) is 1. The number of ether oxygens (including phenoxy) is 2. The lowest BCUT2D eigenvalue weighted by Crippen LogP contribution is -2.60. The van der Waals surface area contributed by atoms with Crippen LogP contribution in [0, 0.1) is 5.92 Å². The fraction of sp³-hybridized carbons (Fsp3) is 0.476. The molecule has 2 aromatic rings. The zero-order valence-corrected chi connectivity index (χ0v) is 15.5. The van der Waals surface area contributed by atoms with E-state index in [9.17, 15) is 4.79 Å². The van der Waals surface area contributed by atoms with Crippen LogP contribution in [0.3, 0.4) is 0 Å². The summed E-state index contributed by atoms with van der Waals surface area (Å²) in [5.74, 6) is 2.44. The summed E-state index contributed by atoms with van der Waals surface area (Å²) in [4.78, 5) is 18.0. The van der Waals surface area contributed by atoms with E-state index in [0.29, 0.717) is 24.2 Å². The normalized spacial score (nSPS) is 32.4. The largest absolute Gasteiger partial charge is 0.454 e. The molecule has 0 radical (unpaired) electrons. The average molecular weight is 378 g/mol. The lowest BCUT2D eigenvalue weighted by atomic mass is 9.75. The van der Waals surface area contributed by atoms with E-state index < -0.39 is 0 Å². The molecule has 144 valence electrons. The van der Waals surface area contributed by atoms with Crippen molar-refractivity contribution >= 4 is 5.91 Å². The third-order valence-electron chi connectivity index (χ3n) is 6.87. The number of piperidine rings is 3. The number of amides is 1. The minimum Gasteiger partial charge on any atom is -0.454 e. The Labute approximate surface area is 163 Å². The lowest BCUT2D eigenvalue weighted by Gasteiger charge is -2.51. The molecule has 1 aromatic carbocycles. The van der Waals surface area contributed by atoms with Crippen LogP contribution >= 0.6 is 0 Å². The van der Waals surface area contributed by atoms with Gasteiger partial charge in [-0.2, -0.15) is 5.10 Å². The van der Waals surface area contributed by atoms with Crippen LogP contribution in [0.1, 0.15) is 34.8 Å². The maximum atomic E-state index is 13.3. The number of carbonyl (C=O) groups excluding carboxylic acids is 1. The van der Waals surface area contributed by atoms with E-state index in [0.717, 1.165) is 24.6 Å². The van der Waals surface area contributed by atoms with Crippen LogP contribution in [0.2, 0.25) is 0 Å². The molecule has 2 bridgehead atoms. The van der Waals surface area contributed by atoms with Crippen molar-refractivity contribution in [2.24, 2.45) is 5.92 Å². The number of aromatic nitrogens is 2. The van der Waals surface area contributed by atoms with Gasteiger partial charge in [0.1, 0.15) is 0 Å². The molecule has 28 heavy (non-hydrogen) atoms. The highest BCUT2D eigenvalue weighted by Gasteiger charge is 2.55. The van der Waals surface area contributed by atoms with Crippen LogP contribution in [0.5, 0.6) is 11.5 Å². The summed E-state index contributed by atoms with van der Waals surface area (Å²) in [6.07, 6.45) is 3.94. The van der Waals surface area contributed by atoms with Crippen LogP contribution in [0.25, 0.3) is 0 Å². The summed E-state index contributed by atoms with van der Waals surface area (Å²) < 4.78 is 11.1. The zero-order valence-electron chi connectivity index (χ0n) is 15.5. The van der Waals surface area contributed by atoms with Gasteiger partial charge in [-0.1, -0.05) is 6.07 Å². The lowest BCUT2D eigenvalue weighted by molar-refractivity contribution is -0.00362. The maximum absolute atomic E-state index is 13.3. The monoisotopic (exact) mass is 378 g/mol. The highest BCUT2D eigenvalue weighted by molar-refractivity contribution is 5.92. The molecule has 0 unspecified atom stereocenters. The molecule has 1 amide bonds. The van der Waals surface area contributed by atoms with E-state index in [1.807, 2.05) is 6.07 Å². The summed E-state index contributed by atoms with van der Waals surface area (Å²) >= 11 is 0. The van der Waals surface area contributed by atoms with Crippen molar-refractivity contribution in [1.82, 2.24) is 20.0 Å². The molecule has 0 N–H and O–H groups in total. The molecule has 7 nitrogen and oxygen atoms in total. The van der Waals surface area contributed by atoms with Gasteiger partial charge in [-0.15, -0.1) is 5.10 Å². The first-order chi connectivity index (χ1) is 13.8. The Hall–Kier alpha value is -2.67. The maximum Gasteiger partial charge on any atom is 0.274 e. The number of nitrogens with zero attached hydrogens (tertiary/aromatic N) is 4. The second-order valence-electron chi connectivity index (χ2n) is 8.14. The molecule has 4 fully saturated rings. The molecule has 1 aromatic heterocycles. The van der Waals surface area contributed by atoms with Gasteiger partial charge in [-0.3, -0.25) is 9.69 Å². The molecule has 5 aliphatic rings. The van der Waals surface area contributed by atoms with Gasteiger partial charge in [0, 0.05) is 24.7 Å². The predicted octanol–water partition coefficient (Wildman–Crippen LogP) is 1.91. The smallest absolute Gasteiger partial charge is 0.274 e. The molecule has 5 aliphatic heterocycles. The molecule has 7 heteroatoms. The number of fused-ring (bicyclic) bond motifs is 3. The van der Waals surface area contributed by atoms with E-state index in [1.165, 1.54) is 18.4 Å². The third kappa shape index (κ3) is 2.35. The predicted molar refractivity (Wildman–Crippen MR) is 100 cm³/mol. The molecule has 3 atom stereocenters. The summed E-state index contributed by atoms with van der Waals surface area (Å²) in [5, 5.41) is 7.98. The van der Waals surface area contributed by atoms with Crippen LogP contribution in [0.15, 0.2) is 36.5 Å². The van der Waals surface area contributed by atoms with Crippen molar-refractivity contribution in [1.29, 1.82) is 0 Å². The standard InChI is InChI=1S/C21H22N4O3/c26-21(16-2-1-7-22-23-16)25-11-15(14-3-4-17-18(10-14)28-12-27-17)20-19(25)13-5-8-24(20)9-6-13/h1-4,7,10,13,15,19-20H,5-6,8-9,11-12H2/t15-,19-,20-/m1/s1. The topological polar surface area (TPSA) is 67.8 Å². The number of hydrogen-bond acceptors (Lipinski definition) is 6. The molecule has 4 saturated heterocycles. The molecule has 0 aliphatic carbocycles. The van der Waals surface area contributed by atoms with Crippen molar-refractivity contribution < 1.29 is 14.3 Å². The second-order valence-corrected chi connectivity index (χ2v) is 8.14. The van der Waals surface area contributed by atoms with Crippen LogP contribution in [-0.4, -0.2) is 64.4 Å². The summed E-state index contributed by atoms with van der Waals surface area (Å²) in [5.41, 5.74) is 1.66. The Balaban J connectivity index is 1.39. The molecule has 7 rings (SSSR count). The van der Waals surface area contributed by atoms with Gasteiger partial charge >= 0.3 is 0 Å². The fourth-order valence-electron chi connectivity index (χ4n) is 5.65. The van der Waals surface area contributed by atoms with Crippen molar-refractivity contribution in [3.05, 3.63) is 47.8 Å². The highest BCUT2D eigenvalue weighted by atomic mass is 16.7. The number of carbonyl (C=O) groups is 1. The van der Waals surface area contributed by atoms with Gasteiger partial charge < -0.3 is 14.4 Å².